The van der Waals surface area contributed by atoms with Crippen molar-refractivity contribution in [3.8, 4) is 6.07 Å². The molecule has 0 N–H and O–H groups in total. The molecule has 1 rings (SSSR count). The summed E-state index contributed by atoms with van der Waals surface area (Å²) >= 11 is 0. The molecule has 90 valence electrons. The summed E-state index contributed by atoms with van der Waals surface area (Å²) in [4.78, 5) is 15.9. The molecular weight excluding hydrogens is 216 g/mol. The Balaban J connectivity index is 2.79. The molecule has 1 aromatic rings. The number of carbonyl (C=O) groups is 1. The average molecular weight is 232 g/mol. The van der Waals surface area contributed by atoms with Crippen LogP contribution in [-0.2, 0) is 11.2 Å². The first-order valence-corrected chi connectivity index (χ1v) is 5.73. The molecule has 0 spiro atoms. The highest BCUT2D eigenvalue weighted by Gasteiger charge is 2.16. The Morgan fingerprint density at radius 1 is 1.59 bits per heavy atom. The van der Waals surface area contributed by atoms with E-state index in [2.05, 4.69) is 4.98 Å². The van der Waals surface area contributed by atoms with Crippen molar-refractivity contribution in [2.45, 2.75) is 39.2 Å². The van der Waals surface area contributed by atoms with Gasteiger partial charge in [-0.25, -0.2) is 4.79 Å². The van der Waals surface area contributed by atoms with Crippen LogP contribution in [0.3, 0.4) is 0 Å². The zero-order chi connectivity index (χ0) is 12.7. The maximum absolute atomic E-state index is 11.9. The fourth-order valence-electron chi connectivity index (χ4n) is 1.49. The fraction of sp³-hybridized carbons (Fsp3) is 0.462. The lowest BCUT2D eigenvalue weighted by Gasteiger charge is -2.14. The van der Waals surface area contributed by atoms with Gasteiger partial charge in [0.2, 0.25) is 0 Å². The second kappa shape index (κ2) is 6.64. The van der Waals surface area contributed by atoms with Crippen LogP contribution in [-0.4, -0.2) is 17.1 Å². The Labute approximate surface area is 101 Å². The van der Waals surface area contributed by atoms with Gasteiger partial charge in [0.15, 0.2) is 0 Å². The minimum Gasteiger partial charge on any atom is -0.458 e. The summed E-state index contributed by atoms with van der Waals surface area (Å²) in [6.45, 7) is 3.85. The molecule has 1 atom stereocenters. The second-order valence-corrected chi connectivity index (χ2v) is 3.68. The SMILES string of the molecule is CCc1cnccc1C(=O)O[C@H](CC)CC#N. The predicted octanol–water partition coefficient (Wildman–Crippen LogP) is 2.49. The monoisotopic (exact) mass is 232 g/mol. The van der Waals surface area contributed by atoms with Crippen LogP contribution in [0.15, 0.2) is 18.5 Å². The average Bonchev–Trinajstić information content (AvgIpc) is 2.38. The van der Waals surface area contributed by atoms with E-state index in [0.717, 1.165) is 12.0 Å². The molecule has 1 aromatic heterocycles. The molecule has 0 fully saturated rings. The van der Waals surface area contributed by atoms with E-state index in [9.17, 15) is 4.79 Å². The van der Waals surface area contributed by atoms with E-state index in [1.165, 1.54) is 0 Å². The van der Waals surface area contributed by atoms with Crippen molar-refractivity contribution in [3.63, 3.8) is 0 Å². The van der Waals surface area contributed by atoms with Crippen LogP contribution in [0, 0.1) is 11.3 Å². The quantitative estimate of drug-likeness (QED) is 0.732. The number of esters is 1. The van der Waals surface area contributed by atoms with Crippen molar-refractivity contribution in [2.24, 2.45) is 0 Å². The van der Waals surface area contributed by atoms with Crippen molar-refractivity contribution >= 4 is 5.97 Å². The van der Waals surface area contributed by atoms with E-state index in [1.54, 1.807) is 18.5 Å². The van der Waals surface area contributed by atoms with Crippen LogP contribution >= 0.6 is 0 Å². The van der Waals surface area contributed by atoms with Crippen molar-refractivity contribution in [1.29, 1.82) is 5.26 Å². The smallest absolute Gasteiger partial charge is 0.338 e. The number of aryl methyl sites for hydroxylation is 1. The highest BCUT2D eigenvalue weighted by Crippen LogP contribution is 2.12. The molecule has 0 saturated heterocycles. The molecule has 0 bridgehead atoms. The van der Waals surface area contributed by atoms with Gasteiger partial charge in [0.25, 0.3) is 0 Å². The Hall–Kier alpha value is -1.89. The highest BCUT2D eigenvalue weighted by molar-refractivity contribution is 5.91. The normalized spacial score (nSPS) is 11.6. The van der Waals surface area contributed by atoms with Gasteiger partial charge >= 0.3 is 5.97 Å². The van der Waals surface area contributed by atoms with Gasteiger partial charge in [-0.3, -0.25) is 4.98 Å². The van der Waals surface area contributed by atoms with Crippen LogP contribution in [0.25, 0.3) is 0 Å². The van der Waals surface area contributed by atoms with Gasteiger partial charge in [-0.2, -0.15) is 5.26 Å². The number of carbonyl (C=O) groups excluding carboxylic acids is 1. The summed E-state index contributed by atoms with van der Waals surface area (Å²) in [5.74, 6) is -0.369. The van der Waals surface area contributed by atoms with Gasteiger partial charge in [-0.1, -0.05) is 13.8 Å². The van der Waals surface area contributed by atoms with Crippen LogP contribution in [0.4, 0.5) is 0 Å². The fourth-order valence-corrected chi connectivity index (χ4v) is 1.49. The number of nitriles is 1. The van der Waals surface area contributed by atoms with Crippen molar-refractivity contribution in [1.82, 2.24) is 4.98 Å². The van der Waals surface area contributed by atoms with Gasteiger partial charge in [0.05, 0.1) is 18.1 Å². The van der Waals surface area contributed by atoms with E-state index in [0.29, 0.717) is 12.0 Å². The van der Waals surface area contributed by atoms with E-state index in [-0.39, 0.29) is 18.5 Å². The molecule has 0 unspecified atom stereocenters. The molecule has 4 heteroatoms. The van der Waals surface area contributed by atoms with E-state index in [1.807, 2.05) is 19.9 Å². The lowest BCUT2D eigenvalue weighted by molar-refractivity contribution is 0.0302. The molecule has 1 heterocycles. The van der Waals surface area contributed by atoms with E-state index < -0.39 is 0 Å². The minimum atomic E-state index is -0.369. The molecule has 0 aliphatic carbocycles. The van der Waals surface area contributed by atoms with Gasteiger partial charge in [0, 0.05) is 12.4 Å². The summed E-state index contributed by atoms with van der Waals surface area (Å²) in [5.41, 5.74) is 1.41. The molecule has 0 aliphatic heterocycles. The van der Waals surface area contributed by atoms with Crippen molar-refractivity contribution in [2.75, 3.05) is 0 Å². The molecule has 4 nitrogen and oxygen atoms in total. The maximum Gasteiger partial charge on any atom is 0.338 e. The van der Waals surface area contributed by atoms with Crippen molar-refractivity contribution in [3.05, 3.63) is 29.6 Å². The highest BCUT2D eigenvalue weighted by atomic mass is 16.5. The molecular formula is C13H16N2O2. The molecule has 17 heavy (non-hydrogen) atoms. The first-order valence-electron chi connectivity index (χ1n) is 5.73. The van der Waals surface area contributed by atoms with Crippen LogP contribution in [0.1, 0.15) is 42.6 Å². The summed E-state index contributed by atoms with van der Waals surface area (Å²) in [7, 11) is 0. The Morgan fingerprint density at radius 3 is 2.94 bits per heavy atom. The summed E-state index contributed by atoms with van der Waals surface area (Å²) < 4.78 is 5.28. The number of aromatic nitrogens is 1. The lowest BCUT2D eigenvalue weighted by Crippen LogP contribution is -2.18. The van der Waals surface area contributed by atoms with Crippen molar-refractivity contribution < 1.29 is 9.53 Å². The third-order valence-corrected chi connectivity index (χ3v) is 2.55. The van der Waals surface area contributed by atoms with E-state index >= 15 is 0 Å². The molecule has 0 radical (unpaired) electrons. The number of rotatable bonds is 5. The number of pyridine rings is 1. The van der Waals surface area contributed by atoms with Crippen LogP contribution in [0.2, 0.25) is 0 Å². The molecule has 0 aliphatic rings. The molecule has 0 amide bonds. The zero-order valence-electron chi connectivity index (χ0n) is 10.1. The summed E-state index contributed by atoms with van der Waals surface area (Å²) in [5, 5.41) is 8.60. The Kier molecular flexibility index (Phi) is 5.15. The van der Waals surface area contributed by atoms with Gasteiger partial charge in [0.1, 0.15) is 6.10 Å². The van der Waals surface area contributed by atoms with E-state index in [4.69, 9.17) is 10.00 Å². The minimum absolute atomic E-state index is 0.231. The lowest BCUT2D eigenvalue weighted by atomic mass is 10.1. The number of ether oxygens (including phenoxy) is 1. The number of hydrogen-bond donors (Lipinski definition) is 0. The van der Waals surface area contributed by atoms with Crippen LogP contribution < -0.4 is 0 Å². The predicted molar refractivity (Wildman–Crippen MR) is 63.3 cm³/mol. The maximum atomic E-state index is 11.9. The largest absolute Gasteiger partial charge is 0.458 e. The number of nitrogens with zero attached hydrogens (tertiary/aromatic N) is 2. The second-order valence-electron chi connectivity index (χ2n) is 3.68. The van der Waals surface area contributed by atoms with Gasteiger partial charge in [-0.15, -0.1) is 0 Å². The summed E-state index contributed by atoms with van der Waals surface area (Å²) in [6.07, 6.45) is 4.52. The zero-order valence-corrected chi connectivity index (χ0v) is 10.1. The summed E-state index contributed by atoms with van der Waals surface area (Å²) in [6, 6.07) is 3.67. The Morgan fingerprint density at radius 2 is 2.35 bits per heavy atom. The molecule has 0 aromatic carbocycles. The van der Waals surface area contributed by atoms with Gasteiger partial charge < -0.3 is 4.74 Å². The first kappa shape index (κ1) is 13.2. The van der Waals surface area contributed by atoms with Crippen LogP contribution in [0.5, 0.6) is 0 Å². The number of hydrogen-bond acceptors (Lipinski definition) is 4. The third kappa shape index (κ3) is 3.56. The molecule has 0 saturated carbocycles. The van der Waals surface area contributed by atoms with Gasteiger partial charge in [-0.05, 0) is 24.5 Å². The third-order valence-electron chi connectivity index (χ3n) is 2.55. The first-order chi connectivity index (χ1) is 8.22. The Bertz CT molecular complexity index is 424. The standard InChI is InChI=1S/C13H16N2O2/c1-3-10-9-15-8-6-12(10)13(16)17-11(4-2)5-7-14/h6,8-9,11H,3-5H2,1-2H3/t11-/m1/s1. The topological polar surface area (TPSA) is 63.0 Å².